The average Bonchev–Trinajstić information content (AvgIpc) is 2.26. The Morgan fingerprint density at radius 2 is 2.18 bits per heavy atom. The van der Waals surface area contributed by atoms with E-state index in [4.69, 9.17) is 21.9 Å². The third-order valence-corrected chi connectivity index (χ3v) is 2.76. The van der Waals surface area contributed by atoms with Crippen LogP contribution < -0.4 is 4.74 Å². The second-order valence-electron chi connectivity index (χ2n) is 4.10. The van der Waals surface area contributed by atoms with E-state index in [1.165, 1.54) is 0 Å². The Bertz CT molecular complexity index is 440. The summed E-state index contributed by atoms with van der Waals surface area (Å²) in [5, 5.41) is 4.18. The molecule has 0 aromatic heterocycles. The van der Waals surface area contributed by atoms with Gasteiger partial charge in [0.1, 0.15) is 5.75 Å². The molecule has 0 aliphatic carbocycles. The molecular weight excluding hydrogens is 238 g/mol. The van der Waals surface area contributed by atoms with Crippen molar-refractivity contribution in [1.29, 1.82) is 0 Å². The van der Waals surface area contributed by atoms with E-state index < -0.39 is 0 Å². The van der Waals surface area contributed by atoms with Gasteiger partial charge in [0.2, 0.25) is 0 Å². The fraction of sp³-hybridized carbons (Fsp3) is 0.500. The molecule has 0 fully saturated rings. The van der Waals surface area contributed by atoms with Crippen LogP contribution >= 0.6 is 11.6 Å². The largest absolute Gasteiger partial charge is 0.493 e. The van der Waals surface area contributed by atoms with Crippen molar-refractivity contribution >= 4 is 11.6 Å². The van der Waals surface area contributed by atoms with E-state index in [0.29, 0.717) is 19.1 Å². The molecule has 5 heteroatoms. The Hall–Kier alpha value is -1.38. The van der Waals surface area contributed by atoms with Crippen LogP contribution in [0.5, 0.6) is 5.75 Å². The Balaban J connectivity index is 2.84. The topological polar surface area (TPSA) is 58.0 Å². The van der Waals surface area contributed by atoms with E-state index >= 15 is 0 Å². The number of nitrogens with zero attached hydrogens (tertiary/aromatic N) is 3. The molecule has 0 saturated heterocycles. The van der Waals surface area contributed by atoms with Crippen LogP contribution in [-0.4, -0.2) is 13.2 Å². The van der Waals surface area contributed by atoms with E-state index in [0.717, 1.165) is 21.9 Å². The second kappa shape index (κ2) is 6.38. The maximum atomic E-state index is 8.16. The molecule has 1 aromatic rings. The number of hydrogen-bond acceptors (Lipinski definition) is 2. The summed E-state index contributed by atoms with van der Waals surface area (Å²) in [5.41, 5.74) is 10.2. The first-order valence-corrected chi connectivity index (χ1v) is 5.87. The normalized spacial score (nSPS) is 10.2. The monoisotopic (exact) mass is 253 g/mol. The molecule has 17 heavy (non-hydrogen) atoms. The lowest BCUT2D eigenvalue weighted by molar-refractivity contribution is 0.325. The standard InChI is InChI=1S/C12H16ClN3O/c1-8(2)10-7-12(9(3)6-11(10)13)17-5-4-15-16-14/h6-8H,4-5H2,1-3H3. The smallest absolute Gasteiger partial charge is 0.122 e. The van der Waals surface area contributed by atoms with Crippen molar-refractivity contribution in [3.63, 3.8) is 0 Å². The van der Waals surface area contributed by atoms with Crippen LogP contribution in [0.4, 0.5) is 0 Å². The van der Waals surface area contributed by atoms with Gasteiger partial charge in [-0.3, -0.25) is 0 Å². The van der Waals surface area contributed by atoms with E-state index in [2.05, 4.69) is 23.9 Å². The summed E-state index contributed by atoms with van der Waals surface area (Å²) in [6, 6.07) is 3.86. The summed E-state index contributed by atoms with van der Waals surface area (Å²) >= 11 is 6.16. The first-order chi connectivity index (χ1) is 8.06. The molecule has 1 rings (SSSR count). The summed E-state index contributed by atoms with van der Waals surface area (Å²) in [7, 11) is 0. The molecule has 92 valence electrons. The van der Waals surface area contributed by atoms with Crippen LogP contribution in [0.2, 0.25) is 5.02 Å². The quantitative estimate of drug-likeness (QED) is 0.331. The zero-order valence-electron chi connectivity index (χ0n) is 10.3. The third-order valence-electron chi connectivity index (χ3n) is 2.43. The van der Waals surface area contributed by atoms with Crippen molar-refractivity contribution < 1.29 is 4.74 Å². The lowest BCUT2D eigenvalue weighted by Crippen LogP contribution is -2.03. The number of hydrogen-bond donors (Lipinski definition) is 0. The molecule has 1 aromatic carbocycles. The van der Waals surface area contributed by atoms with Gasteiger partial charge in [-0.15, -0.1) is 0 Å². The van der Waals surface area contributed by atoms with Gasteiger partial charge >= 0.3 is 0 Å². The number of halogens is 1. The number of ether oxygens (including phenoxy) is 1. The van der Waals surface area contributed by atoms with Crippen LogP contribution in [0.25, 0.3) is 10.4 Å². The van der Waals surface area contributed by atoms with Gasteiger partial charge in [0.05, 0.1) is 13.2 Å². The summed E-state index contributed by atoms with van der Waals surface area (Å²) in [6.45, 7) is 6.82. The minimum Gasteiger partial charge on any atom is -0.493 e. The molecule has 0 aliphatic heterocycles. The van der Waals surface area contributed by atoms with E-state index in [9.17, 15) is 0 Å². The van der Waals surface area contributed by atoms with Crippen LogP contribution in [0.15, 0.2) is 17.2 Å². The van der Waals surface area contributed by atoms with Gasteiger partial charge in [-0.05, 0) is 41.6 Å². The van der Waals surface area contributed by atoms with Gasteiger partial charge in [0.15, 0.2) is 0 Å². The number of azide groups is 1. The predicted octanol–water partition coefficient (Wildman–Crippen LogP) is 4.46. The lowest BCUT2D eigenvalue weighted by atomic mass is 10.0. The average molecular weight is 254 g/mol. The molecule has 0 heterocycles. The molecule has 0 N–H and O–H groups in total. The molecule has 0 radical (unpaired) electrons. The van der Waals surface area contributed by atoms with Crippen molar-refractivity contribution in [2.24, 2.45) is 5.11 Å². The highest BCUT2D eigenvalue weighted by Gasteiger charge is 2.09. The molecule has 0 spiro atoms. The summed E-state index contributed by atoms with van der Waals surface area (Å²) in [4.78, 5) is 2.67. The Morgan fingerprint density at radius 3 is 2.76 bits per heavy atom. The maximum absolute atomic E-state index is 8.16. The van der Waals surface area contributed by atoms with Crippen molar-refractivity contribution in [2.75, 3.05) is 13.2 Å². The first kappa shape index (κ1) is 13.7. The molecule has 4 nitrogen and oxygen atoms in total. The highest BCUT2D eigenvalue weighted by atomic mass is 35.5. The Labute approximate surface area is 106 Å². The molecule has 0 aliphatic rings. The van der Waals surface area contributed by atoms with Gasteiger partial charge in [-0.2, -0.15) is 0 Å². The molecule has 0 atom stereocenters. The predicted molar refractivity (Wildman–Crippen MR) is 69.8 cm³/mol. The van der Waals surface area contributed by atoms with Gasteiger partial charge in [0.25, 0.3) is 0 Å². The highest BCUT2D eigenvalue weighted by molar-refractivity contribution is 6.31. The fourth-order valence-corrected chi connectivity index (χ4v) is 1.94. The van der Waals surface area contributed by atoms with E-state index in [1.807, 2.05) is 19.1 Å². The van der Waals surface area contributed by atoms with Crippen molar-refractivity contribution in [1.82, 2.24) is 0 Å². The van der Waals surface area contributed by atoms with E-state index in [-0.39, 0.29) is 0 Å². The number of rotatable bonds is 5. The molecule has 0 bridgehead atoms. The SMILES string of the molecule is Cc1cc(Cl)c(C(C)C)cc1OCCN=[N+]=[N-]. The summed E-state index contributed by atoms with van der Waals surface area (Å²) < 4.78 is 5.56. The molecule has 0 unspecified atom stereocenters. The lowest BCUT2D eigenvalue weighted by Gasteiger charge is -2.14. The summed E-state index contributed by atoms with van der Waals surface area (Å²) in [6.07, 6.45) is 0. The molecule has 0 amide bonds. The van der Waals surface area contributed by atoms with Crippen molar-refractivity contribution in [3.8, 4) is 5.75 Å². The number of benzene rings is 1. The Morgan fingerprint density at radius 1 is 1.47 bits per heavy atom. The second-order valence-corrected chi connectivity index (χ2v) is 4.50. The van der Waals surface area contributed by atoms with Gasteiger partial charge in [-0.1, -0.05) is 30.6 Å². The van der Waals surface area contributed by atoms with Crippen LogP contribution in [0.3, 0.4) is 0 Å². The fourth-order valence-electron chi connectivity index (χ4n) is 1.51. The van der Waals surface area contributed by atoms with Crippen LogP contribution in [0.1, 0.15) is 30.9 Å². The first-order valence-electron chi connectivity index (χ1n) is 5.50. The minimum absolute atomic E-state index is 0.329. The van der Waals surface area contributed by atoms with E-state index in [1.54, 1.807) is 0 Å². The highest BCUT2D eigenvalue weighted by Crippen LogP contribution is 2.31. The van der Waals surface area contributed by atoms with Gasteiger partial charge < -0.3 is 4.74 Å². The summed E-state index contributed by atoms with van der Waals surface area (Å²) in [5.74, 6) is 1.15. The third kappa shape index (κ3) is 3.84. The van der Waals surface area contributed by atoms with Crippen LogP contribution in [-0.2, 0) is 0 Å². The van der Waals surface area contributed by atoms with Gasteiger partial charge in [-0.25, -0.2) is 0 Å². The maximum Gasteiger partial charge on any atom is 0.122 e. The zero-order chi connectivity index (χ0) is 12.8. The number of aryl methyl sites for hydroxylation is 1. The van der Waals surface area contributed by atoms with Crippen molar-refractivity contribution in [2.45, 2.75) is 26.7 Å². The van der Waals surface area contributed by atoms with Crippen molar-refractivity contribution in [3.05, 3.63) is 38.7 Å². The van der Waals surface area contributed by atoms with Gasteiger partial charge in [0, 0.05) is 9.93 Å². The van der Waals surface area contributed by atoms with Crippen LogP contribution in [0, 0.1) is 6.92 Å². The minimum atomic E-state index is 0.329. The Kier molecular flexibility index (Phi) is 5.13. The molecular formula is C12H16ClN3O. The molecule has 0 saturated carbocycles. The zero-order valence-corrected chi connectivity index (χ0v) is 11.0.